The molecule has 1 aromatic rings. The van der Waals surface area contributed by atoms with Crippen LogP contribution in [0.4, 0.5) is 0 Å². The molecule has 2 aliphatic rings. The van der Waals surface area contributed by atoms with Gasteiger partial charge in [-0.15, -0.1) is 0 Å². The molecule has 3 heterocycles. The maximum absolute atomic E-state index is 13.1. The summed E-state index contributed by atoms with van der Waals surface area (Å²) in [4.78, 5) is 28.9. The fourth-order valence-electron chi connectivity index (χ4n) is 4.58. The fourth-order valence-corrected chi connectivity index (χ4v) is 4.58. The van der Waals surface area contributed by atoms with Gasteiger partial charge in [0, 0.05) is 50.8 Å². The summed E-state index contributed by atoms with van der Waals surface area (Å²) >= 11 is 0. The summed E-state index contributed by atoms with van der Waals surface area (Å²) in [6, 6.07) is 0.201. The Kier molecular flexibility index (Phi) is 5.16. The van der Waals surface area contributed by atoms with E-state index in [1.807, 2.05) is 28.5 Å². The van der Waals surface area contributed by atoms with Gasteiger partial charge in [0.1, 0.15) is 0 Å². The lowest BCUT2D eigenvalue weighted by Gasteiger charge is -2.36. The number of piperidine rings is 1. The minimum Gasteiger partial charge on any atom is -0.339 e. The summed E-state index contributed by atoms with van der Waals surface area (Å²) in [5, 5.41) is 4.53. The van der Waals surface area contributed by atoms with Crippen LogP contribution in [0, 0.1) is 13.8 Å². The second-order valence-corrected chi connectivity index (χ2v) is 7.52. The Balaban J connectivity index is 1.75. The van der Waals surface area contributed by atoms with Crippen molar-refractivity contribution in [2.45, 2.75) is 71.4 Å². The first-order chi connectivity index (χ1) is 11.9. The molecule has 2 aliphatic heterocycles. The number of likely N-dealkylation sites (tertiary alicyclic amines) is 2. The number of rotatable bonds is 3. The van der Waals surface area contributed by atoms with Crippen LogP contribution in [0.3, 0.4) is 0 Å². The van der Waals surface area contributed by atoms with E-state index in [1.54, 1.807) is 6.92 Å². The van der Waals surface area contributed by atoms with E-state index < -0.39 is 0 Å². The van der Waals surface area contributed by atoms with Gasteiger partial charge < -0.3 is 9.80 Å². The number of carbonyl (C=O) groups excluding carboxylic acids is 2. The highest BCUT2D eigenvalue weighted by Gasteiger charge is 2.35. The SMILES string of the molecule is CC(=O)N1CCCC[C@@H]1CC(=O)N1CCC[C@@H]1c1c(C)nn(C)c1C. The molecule has 2 saturated heterocycles. The Morgan fingerprint density at radius 1 is 1.08 bits per heavy atom. The van der Waals surface area contributed by atoms with Crippen LogP contribution >= 0.6 is 0 Å². The molecule has 0 spiro atoms. The lowest BCUT2D eigenvalue weighted by Crippen LogP contribution is -2.45. The minimum atomic E-state index is 0.0658. The zero-order valence-electron chi connectivity index (χ0n) is 15.9. The topological polar surface area (TPSA) is 58.4 Å². The van der Waals surface area contributed by atoms with Gasteiger partial charge in [-0.25, -0.2) is 0 Å². The van der Waals surface area contributed by atoms with Gasteiger partial charge in [0.15, 0.2) is 0 Å². The van der Waals surface area contributed by atoms with Crippen LogP contribution in [0.2, 0.25) is 0 Å². The van der Waals surface area contributed by atoms with Crippen molar-refractivity contribution >= 4 is 11.8 Å². The quantitative estimate of drug-likeness (QED) is 0.845. The Hall–Kier alpha value is -1.85. The Labute approximate surface area is 150 Å². The second-order valence-electron chi connectivity index (χ2n) is 7.52. The van der Waals surface area contributed by atoms with E-state index in [1.165, 1.54) is 5.56 Å². The summed E-state index contributed by atoms with van der Waals surface area (Å²) in [6.45, 7) is 7.32. The monoisotopic (exact) mass is 346 g/mol. The molecule has 2 fully saturated rings. The maximum atomic E-state index is 13.1. The van der Waals surface area contributed by atoms with Crippen molar-refractivity contribution in [2.24, 2.45) is 7.05 Å². The summed E-state index contributed by atoms with van der Waals surface area (Å²) in [5.74, 6) is 0.276. The van der Waals surface area contributed by atoms with Crippen LogP contribution in [0.15, 0.2) is 0 Å². The molecular weight excluding hydrogens is 316 g/mol. The highest BCUT2D eigenvalue weighted by Crippen LogP contribution is 2.36. The van der Waals surface area contributed by atoms with E-state index in [2.05, 4.69) is 12.0 Å². The van der Waals surface area contributed by atoms with Crippen molar-refractivity contribution in [2.75, 3.05) is 13.1 Å². The predicted octanol–water partition coefficient (Wildman–Crippen LogP) is 2.49. The third-order valence-electron chi connectivity index (χ3n) is 5.91. The van der Waals surface area contributed by atoms with Gasteiger partial charge in [-0.1, -0.05) is 0 Å². The molecule has 0 aromatic carbocycles. The summed E-state index contributed by atoms with van der Waals surface area (Å²) < 4.78 is 1.91. The molecule has 1 aromatic heterocycles. The van der Waals surface area contributed by atoms with Crippen molar-refractivity contribution < 1.29 is 9.59 Å². The van der Waals surface area contributed by atoms with Crippen LogP contribution in [0.1, 0.15) is 68.4 Å². The first kappa shape index (κ1) is 18.0. The lowest BCUT2D eigenvalue weighted by molar-refractivity contribution is -0.137. The highest BCUT2D eigenvalue weighted by molar-refractivity contribution is 5.79. The highest BCUT2D eigenvalue weighted by atomic mass is 16.2. The van der Waals surface area contributed by atoms with Crippen molar-refractivity contribution in [3.05, 3.63) is 17.0 Å². The molecule has 0 saturated carbocycles. The zero-order chi connectivity index (χ0) is 18.1. The average molecular weight is 346 g/mol. The average Bonchev–Trinajstić information content (AvgIpc) is 3.12. The van der Waals surface area contributed by atoms with Crippen LogP contribution < -0.4 is 0 Å². The predicted molar refractivity (Wildman–Crippen MR) is 96.0 cm³/mol. The van der Waals surface area contributed by atoms with E-state index in [4.69, 9.17) is 0 Å². The van der Waals surface area contributed by atoms with E-state index in [9.17, 15) is 9.59 Å². The molecule has 25 heavy (non-hydrogen) atoms. The molecule has 2 atom stereocenters. The number of amides is 2. The fraction of sp³-hybridized carbons (Fsp3) is 0.737. The van der Waals surface area contributed by atoms with Crippen LogP contribution in [0.5, 0.6) is 0 Å². The Morgan fingerprint density at radius 3 is 2.44 bits per heavy atom. The van der Waals surface area contributed by atoms with E-state index >= 15 is 0 Å². The Morgan fingerprint density at radius 2 is 1.80 bits per heavy atom. The van der Waals surface area contributed by atoms with Crippen molar-refractivity contribution in [1.29, 1.82) is 0 Å². The van der Waals surface area contributed by atoms with Crippen LogP contribution in [0.25, 0.3) is 0 Å². The molecule has 6 nitrogen and oxygen atoms in total. The number of hydrogen-bond donors (Lipinski definition) is 0. The summed E-state index contributed by atoms with van der Waals surface area (Å²) in [7, 11) is 1.96. The minimum absolute atomic E-state index is 0.0658. The third-order valence-corrected chi connectivity index (χ3v) is 5.91. The molecule has 0 radical (unpaired) electrons. The number of hydrogen-bond acceptors (Lipinski definition) is 3. The van der Waals surface area contributed by atoms with Gasteiger partial charge in [0.2, 0.25) is 11.8 Å². The standard InChI is InChI=1S/C19H30N4O2/c1-13-19(14(2)21(4)20-13)17-9-7-11-23(17)18(25)12-16-8-5-6-10-22(16)15(3)24/h16-17H,5-12H2,1-4H3/t16-,17-/m1/s1. The molecule has 2 amide bonds. The van der Waals surface area contributed by atoms with Gasteiger partial charge in [0.05, 0.1) is 11.7 Å². The third kappa shape index (κ3) is 3.44. The molecule has 0 bridgehead atoms. The number of aryl methyl sites for hydroxylation is 2. The second kappa shape index (κ2) is 7.18. The van der Waals surface area contributed by atoms with E-state index in [0.717, 1.165) is 56.6 Å². The number of carbonyl (C=O) groups is 2. The summed E-state index contributed by atoms with van der Waals surface area (Å²) in [6.07, 6.45) is 5.57. The lowest BCUT2D eigenvalue weighted by atomic mass is 9.97. The molecular formula is C19H30N4O2. The first-order valence-corrected chi connectivity index (χ1v) is 9.47. The maximum Gasteiger partial charge on any atom is 0.225 e. The molecule has 0 N–H and O–H groups in total. The molecule has 6 heteroatoms. The normalized spacial score (nSPS) is 24.0. The van der Waals surface area contributed by atoms with Crippen molar-refractivity contribution in [3.8, 4) is 0 Å². The first-order valence-electron chi connectivity index (χ1n) is 9.47. The van der Waals surface area contributed by atoms with Crippen molar-refractivity contribution in [3.63, 3.8) is 0 Å². The van der Waals surface area contributed by atoms with Gasteiger partial charge in [-0.2, -0.15) is 5.10 Å². The molecule has 0 unspecified atom stereocenters. The molecule has 138 valence electrons. The van der Waals surface area contributed by atoms with Crippen LogP contribution in [-0.2, 0) is 16.6 Å². The Bertz CT molecular complexity index is 667. The van der Waals surface area contributed by atoms with Gasteiger partial charge in [-0.3, -0.25) is 14.3 Å². The van der Waals surface area contributed by atoms with Gasteiger partial charge >= 0.3 is 0 Å². The summed E-state index contributed by atoms with van der Waals surface area (Å²) in [5.41, 5.74) is 3.37. The van der Waals surface area contributed by atoms with Crippen LogP contribution in [-0.4, -0.2) is 50.5 Å². The van der Waals surface area contributed by atoms with Crippen molar-refractivity contribution in [1.82, 2.24) is 19.6 Å². The smallest absolute Gasteiger partial charge is 0.225 e. The number of nitrogens with zero attached hydrogens (tertiary/aromatic N) is 4. The zero-order valence-corrected chi connectivity index (χ0v) is 15.9. The van der Waals surface area contributed by atoms with E-state index in [0.29, 0.717) is 6.42 Å². The molecule has 0 aliphatic carbocycles. The molecule has 3 rings (SSSR count). The number of aromatic nitrogens is 2. The van der Waals surface area contributed by atoms with Gasteiger partial charge in [-0.05, 0) is 46.0 Å². The van der Waals surface area contributed by atoms with E-state index in [-0.39, 0.29) is 23.9 Å². The largest absolute Gasteiger partial charge is 0.339 e. The van der Waals surface area contributed by atoms with Gasteiger partial charge in [0.25, 0.3) is 0 Å².